The lowest BCUT2D eigenvalue weighted by atomic mass is 10.0. The van der Waals surface area contributed by atoms with Gasteiger partial charge in [0.15, 0.2) is 9.84 Å². The van der Waals surface area contributed by atoms with Gasteiger partial charge in [-0.2, -0.15) is 0 Å². The van der Waals surface area contributed by atoms with Crippen LogP contribution in [0.25, 0.3) is 10.9 Å². The molecule has 0 radical (unpaired) electrons. The first kappa shape index (κ1) is 24.1. The van der Waals surface area contributed by atoms with Gasteiger partial charge in [-0.05, 0) is 67.9 Å². The number of anilines is 1. The van der Waals surface area contributed by atoms with E-state index in [0.717, 1.165) is 5.39 Å². The van der Waals surface area contributed by atoms with Crippen molar-refractivity contribution in [1.29, 1.82) is 0 Å². The Balaban J connectivity index is 1.57. The van der Waals surface area contributed by atoms with Gasteiger partial charge in [-0.15, -0.1) is 0 Å². The van der Waals surface area contributed by atoms with Crippen molar-refractivity contribution in [3.63, 3.8) is 0 Å². The summed E-state index contributed by atoms with van der Waals surface area (Å²) in [5.74, 6) is 0.654. The number of fused-ring (bicyclic) bond motifs is 1. The highest BCUT2D eigenvalue weighted by atomic mass is 35.5. The number of aromatic amines is 1. The van der Waals surface area contributed by atoms with Gasteiger partial charge in [0.2, 0.25) is 0 Å². The summed E-state index contributed by atoms with van der Waals surface area (Å²) in [6.45, 7) is 3.31. The van der Waals surface area contributed by atoms with Crippen LogP contribution in [-0.4, -0.2) is 25.6 Å². The number of hydrogen-bond donors (Lipinski definition) is 2. The van der Waals surface area contributed by atoms with E-state index in [2.05, 4.69) is 10.3 Å². The lowest BCUT2D eigenvalue weighted by Crippen LogP contribution is -2.27. The number of hydrogen-bond acceptors (Lipinski definition) is 4. The van der Waals surface area contributed by atoms with Gasteiger partial charge in [0.1, 0.15) is 17.2 Å². The Labute approximate surface area is 207 Å². The van der Waals surface area contributed by atoms with Crippen molar-refractivity contribution < 1.29 is 17.9 Å². The van der Waals surface area contributed by atoms with Crippen LogP contribution in [0.3, 0.4) is 0 Å². The van der Waals surface area contributed by atoms with Crippen molar-refractivity contribution in [3.8, 4) is 11.5 Å². The Bertz CT molecular complexity index is 1490. The number of H-pyrrole nitrogens is 1. The van der Waals surface area contributed by atoms with E-state index in [9.17, 15) is 13.2 Å². The second-order valence-electron chi connectivity index (χ2n) is 8.45. The fourth-order valence-electron chi connectivity index (χ4n) is 3.37. The van der Waals surface area contributed by atoms with Gasteiger partial charge >= 0.3 is 0 Å². The summed E-state index contributed by atoms with van der Waals surface area (Å²) in [5, 5.41) is 4.59. The topological polar surface area (TPSA) is 88.3 Å². The number of carbonyl (C=O) groups is 1. The molecule has 1 amide bonds. The summed E-state index contributed by atoms with van der Waals surface area (Å²) in [6, 6.07) is 18.8. The molecule has 0 fully saturated rings. The van der Waals surface area contributed by atoms with E-state index < -0.39 is 14.6 Å². The molecule has 4 rings (SSSR count). The van der Waals surface area contributed by atoms with Crippen LogP contribution in [0.1, 0.15) is 29.9 Å². The van der Waals surface area contributed by atoms with E-state index in [0.29, 0.717) is 44.0 Å². The van der Waals surface area contributed by atoms with Crippen molar-refractivity contribution >= 4 is 55.5 Å². The van der Waals surface area contributed by atoms with E-state index in [1.54, 1.807) is 80.6 Å². The normalized spacial score (nSPS) is 12.0. The van der Waals surface area contributed by atoms with Gasteiger partial charge in [0.25, 0.3) is 5.91 Å². The van der Waals surface area contributed by atoms with E-state index >= 15 is 0 Å². The number of halogens is 2. The van der Waals surface area contributed by atoms with Crippen molar-refractivity contribution in [2.75, 3.05) is 11.6 Å². The number of nitrogens with one attached hydrogen (secondary N) is 2. The zero-order valence-electron chi connectivity index (χ0n) is 18.6. The molecule has 0 aliphatic carbocycles. The Kier molecular flexibility index (Phi) is 6.38. The predicted molar refractivity (Wildman–Crippen MR) is 137 cm³/mol. The maximum Gasteiger partial charge on any atom is 0.272 e. The molecule has 0 aliphatic rings. The van der Waals surface area contributed by atoms with Crippen LogP contribution in [0, 0.1) is 0 Å². The number of sulfone groups is 1. The van der Waals surface area contributed by atoms with Gasteiger partial charge in [-0.25, -0.2) is 8.42 Å². The van der Waals surface area contributed by atoms with Gasteiger partial charge in [-0.1, -0.05) is 35.3 Å². The van der Waals surface area contributed by atoms with Crippen molar-refractivity contribution in [2.45, 2.75) is 18.6 Å². The monoisotopic (exact) mass is 516 g/mol. The summed E-state index contributed by atoms with van der Waals surface area (Å²) >= 11 is 12.1. The lowest BCUT2D eigenvalue weighted by molar-refractivity contribution is 0.102. The second kappa shape index (κ2) is 8.98. The maximum absolute atomic E-state index is 12.9. The van der Waals surface area contributed by atoms with Crippen LogP contribution in [0.5, 0.6) is 11.5 Å². The minimum atomic E-state index is -3.33. The Hall–Kier alpha value is -3.00. The summed E-state index contributed by atoms with van der Waals surface area (Å²) in [4.78, 5) is 16.0. The third kappa shape index (κ3) is 5.06. The maximum atomic E-state index is 12.9. The van der Waals surface area contributed by atoms with Gasteiger partial charge in [0, 0.05) is 39.0 Å². The number of amides is 1. The van der Waals surface area contributed by atoms with Gasteiger partial charge in [-0.3, -0.25) is 4.79 Å². The number of benzene rings is 3. The van der Waals surface area contributed by atoms with Crippen LogP contribution in [0.2, 0.25) is 10.0 Å². The van der Waals surface area contributed by atoms with Crippen molar-refractivity contribution in [2.24, 2.45) is 0 Å². The third-order valence-corrected chi connectivity index (χ3v) is 8.23. The third-order valence-electron chi connectivity index (χ3n) is 5.67. The number of ether oxygens (including phenoxy) is 1. The van der Waals surface area contributed by atoms with Crippen LogP contribution >= 0.6 is 23.2 Å². The van der Waals surface area contributed by atoms with Crippen LogP contribution in [0.4, 0.5) is 5.69 Å². The number of carbonyl (C=O) groups excluding carboxylic acids is 1. The van der Waals surface area contributed by atoms with Crippen molar-refractivity contribution in [3.05, 3.63) is 88.0 Å². The average Bonchev–Trinajstić information content (AvgIpc) is 3.18. The van der Waals surface area contributed by atoms with Crippen LogP contribution in [-0.2, 0) is 14.6 Å². The molecule has 1 heterocycles. The molecule has 9 heteroatoms. The zero-order valence-corrected chi connectivity index (χ0v) is 21.0. The molecular weight excluding hydrogens is 495 g/mol. The quantitative estimate of drug-likeness (QED) is 0.295. The minimum Gasteiger partial charge on any atom is -0.457 e. The first-order valence-electron chi connectivity index (χ1n) is 10.3. The molecule has 0 saturated carbocycles. The molecule has 0 spiro atoms. The Morgan fingerprint density at radius 2 is 1.62 bits per heavy atom. The highest BCUT2D eigenvalue weighted by molar-refractivity contribution is 7.91. The molecule has 0 saturated heterocycles. The lowest BCUT2D eigenvalue weighted by Gasteiger charge is -2.23. The highest BCUT2D eigenvalue weighted by Crippen LogP contribution is 2.32. The molecule has 34 heavy (non-hydrogen) atoms. The smallest absolute Gasteiger partial charge is 0.272 e. The molecule has 0 bridgehead atoms. The SMILES string of the molecule is CC(C)(c1ccc2cc(C(=O)Nc3cc(Cl)cc(Oc4ccc(Cl)cc4)c3)[nH]c2c1)S(C)(=O)=O. The summed E-state index contributed by atoms with van der Waals surface area (Å²) in [6.07, 6.45) is 1.21. The largest absolute Gasteiger partial charge is 0.457 e. The molecule has 2 N–H and O–H groups in total. The average molecular weight is 517 g/mol. The predicted octanol–water partition coefficient (Wildman–Crippen LogP) is 6.80. The minimum absolute atomic E-state index is 0.324. The Morgan fingerprint density at radius 1 is 0.912 bits per heavy atom. The summed E-state index contributed by atoms with van der Waals surface area (Å²) in [5.41, 5.74) is 2.08. The number of rotatable bonds is 6. The first-order chi connectivity index (χ1) is 15.9. The number of aromatic nitrogens is 1. The highest BCUT2D eigenvalue weighted by Gasteiger charge is 2.32. The Morgan fingerprint density at radius 3 is 2.29 bits per heavy atom. The molecule has 0 atom stereocenters. The van der Waals surface area contributed by atoms with E-state index in [-0.39, 0.29) is 5.91 Å². The molecule has 3 aromatic carbocycles. The molecular formula is C25H22Cl2N2O4S. The van der Waals surface area contributed by atoms with Gasteiger partial charge < -0.3 is 15.0 Å². The molecule has 6 nitrogen and oxygen atoms in total. The molecule has 0 aliphatic heterocycles. The summed E-state index contributed by atoms with van der Waals surface area (Å²) in [7, 11) is -3.33. The fraction of sp³-hybridized carbons (Fsp3) is 0.160. The summed E-state index contributed by atoms with van der Waals surface area (Å²) < 4.78 is 29.1. The molecule has 176 valence electrons. The second-order valence-corrected chi connectivity index (χ2v) is 11.9. The zero-order chi connectivity index (χ0) is 24.7. The van der Waals surface area contributed by atoms with Crippen molar-refractivity contribution in [1.82, 2.24) is 4.98 Å². The van der Waals surface area contributed by atoms with Crippen LogP contribution in [0.15, 0.2) is 66.7 Å². The van der Waals surface area contributed by atoms with E-state index in [1.807, 2.05) is 0 Å². The standard InChI is InChI=1S/C25H22Cl2N2O4S/c1-25(2,34(3,31)32)16-5-4-15-10-23(29-22(15)11-16)24(30)28-19-12-18(27)13-21(14-19)33-20-8-6-17(26)7-9-20/h4-14,29H,1-3H3,(H,28,30). The van der Waals surface area contributed by atoms with Crippen LogP contribution < -0.4 is 10.1 Å². The first-order valence-corrected chi connectivity index (χ1v) is 13.0. The van der Waals surface area contributed by atoms with E-state index in [1.165, 1.54) is 6.26 Å². The molecule has 0 unspecified atom stereocenters. The van der Waals surface area contributed by atoms with Gasteiger partial charge in [0.05, 0.1) is 4.75 Å². The molecule has 1 aromatic heterocycles. The molecule has 4 aromatic rings. The fourth-order valence-corrected chi connectivity index (χ4v) is 4.28. The van der Waals surface area contributed by atoms with E-state index in [4.69, 9.17) is 27.9 Å².